The van der Waals surface area contributed by atoms with Crippen molar-refractivity contribution < 1.29 is 27.9 Å². The lowest BCUT2D eigenvalue weighted by Gasteiger charge is -2.34. The number of hydrogen-bond acceptors (Lipinski definition) is 3. The van der Waals surface area contributed by atoms with Gasteiger partial charge in [-0.1, -0.05) is 12.1 Å². The number of carboxylic acids is 1. The molecular formula is C14H15F3N2O3. The quantitative estimate of drug-likeness (QED) is 0.919. The van der Waals surface area contributed by atoms with Gasteiger partial charge in [0.2, 0.25) is 0 Å². The van der Waals surface area contributed by atoms with E-state index < -0.39 is 23.6 Å². The number of nitrogens with zero attached hydrogens (tertiary/aromatic N) is 2. The molecule has 0 unspecified atom stereocenters. The summed E-state index contributed by atoms with van der Waals surface area (Å²) in [6.45, 7) is 0.927. The van der Waals surface area contributed by atoms with E-state index in [1.807, 2.05) is 0 Å². The van der Waals surface area contributed by atoms with Crippen LogP contribution in [0.2, 0.25) is 0 Å². The number of alkyl halides is 3. The molecule has 120 valence electrons. The molecule has 1 N–H and O–H groups in total. The number of halogens is 3. The first kappa shape index (κ1) is 16.3. The summed E-state index contributed by atoms with van der Waals surface area (Å²) < 4.78 is 38.8. The maximum atomic E-state index is 12.9. The van der Waals surface area contributed by atoms with Crippen LogP contribution in [-0.2, 0) is 11.0 Å². The lowest BCUT2D eigenvalue weighted by Crippen LogP contribution is -2.50. The van der Waals surface area contributed by atoms with Crippen molar-refractivity contribution in [1.29, 1.82) is 0 Å². The van der Waals surface area contributed by atoms with Gasteiger partial charge in [-0.25, -0.2) is 0 Å². The van der Waals surface area contributed by atoms with Gasteiger partial charge in [0, 0.05) is 26.2 Å². The molecule has 0 radical (unpaired) electrons. The zero-order chi connectivity index (χ0) is 16.3. The van der Waals surface area contributed by atoms with Crippen LogP contribution in [0, 0.1) is 0 Å². The van der Waals surface area contributed by atoms with Gasteiger partial charge < -0.3 is 10.0 Å². The van der Waals surface area contributed by atoms with Crippen LogP contribution in [-0.4, -0.2) is 59.5 Å². The zero-order valence-electron chi connectivity index (χ0n) is 11.6. The minimum atomic E-state index is -4.59. The Morgan fingerprint density at radius 3 is 2.23 bits per heavy atom. The van der Waals surface area contributed by atoms with Crippen molar-refractivity contribution >= 4 is 11.9 Å². The Kier molecular flexibility index (Phi) is 4.70. The first-order valence-electron chi connectivity index (χ1n) is 6.68. The third-order valence-corrected chi connectivity index (χ3v) is 3.48. The molecule has 1 heterocycles. The van der Waals surface area contributed by atoms with Crippen LogP contribution in [0.15, 0.2) is 24.3 Å². The van der Waals surface area contributed by atoms with Gasteiger partial charge in [0.1, 0.15) is 0 Å². The number of carbonyl (C=O) groups excluding carboxylic acids is 1. The number of carboxylic acid groups (broad SMARTS) is 1. The predicted molar refractivity (Wildman–Crippen MR) is 71.4 cm³/mol. The van der Waals surface area contributed by atoms with Crippen molar-refractivity contribution in [2.45, 2.75) is 6.18 Å². The Morgan fingerprint density at radius 1 is 1.09 bits per heavy atom. The second-order valence-electron chi connectivity index (χ2n) is 5.01. The molecule has 0 saturated carbocycles. The van der Waals surface area contributed by atoms with E-state index in [0.29, 0.717) is 13.1 Å². The highest BCUT2D eigenvalue weighted by Gasteiger charge is 2.36. The molecule has 5 nitrogen and oxygen atoms in total. The molecule has 1 aromatic rings. The van der Waals surface area contributed by atoms with Crippen LogP contribution >= 0.6 is 0 Å². The number of benzene rings is 1. The summed E-state index contributed by atoms with van der Waals surface area (Å²) in [5, 5.41) is 8.70. The largest absolute Gasteiger partial charge is 0.480 e. The molecule has 1 fully saturated rings. The average Bonchev–Trinajstić information content (AvgIpc) is 2.46. The predicted octanol–water partition coefficient (Wildman–Crippen LogP) is 1.55. The van der Waals surface area contributed by atoms with Crippen LogP contribution in [0.25, 0.3) is 0 Å². The molecule has 0 atom stereocenters. The highest BCUT2D eigenvalue weighted by molar-refractivity contribution is 5.96. The van der Waals surface area contributed by atoms with Crippen molar-refractivity contribution in [1.82, 2.24) is 9.80 Å². The van der Waals surface area contributed by atoms with Crippen LogP contribution < -0.4 is 0 Å². The molecule has 2 rings (SSSR count). The molecular weight excluding hydrogens is 301 g/mol. The van der Waals surface area contributed by atoms with E-state index >= 15 is 0 Å². The highest BCUT2D eigenvalue weighted by Crippen LogP contribution is 2.32. The van der Waals surface area contributed by atoms with Crippen molar-refractivity contribution in [3.63, 3.8) is 0 Å². The van der Waals surface area contributed by atoms with Gasteiger partial charge in [0.05, 0.1) is 17.7 Å². The summed E-state index contributed by atoms with van der Waals surface area (Å²) in [5.41, 5.74) is -1.32. The normalized spacial score (nSPS) is 16.6. The number of amides is 1. The number of aliphatic carboxylic acids is 1. The van der Waals surface area contributed by atoms with Crippen LogP contribution in [0.4, 0.5) is 13.2 Å². The van der Waals surface area contributed by atoms with Crippen LogP contribution in [0.3, 0.4) is 0 Å². The topological polar surface area (TPSA) is 60.9 Å². The molecule has 1 aliphatic heterocycles. The minimum absolute atomic E-state index is 0.138. The molecule has 0 aliphatic carbocycles. The van der Waals surface area contributed by atoms with E-state index in [-0.39, 0.29) is 25.2 Å². The van der Waals surface area contributed by atoms with E-state index in [0.717, 1.165) is 12.1 Å². The van der Waals surface area contributed by atoms with Gasteiger partial charge >= 0.3 is 12.1 Å². The van der Waals surface area contributed by atoms with E-state index in [1.165, 1.54) is 17.0 Å². The summed E-state index contributed by atoms with van der Waals surface area (Å²) >= 11 is 0. The Labute approximate surface area is 124 Å². The van der Waals surface area contributed by atoms with Crippen LogP contribution in [0.5, 0.6) is 0 Å². The minimum Gasteiger partial charge on any atom is -0.480 e. The summed E-state index contributed by atoms with van der Waals surface area (Å²) in [4.78, 5) is 25.9. The highest BCUT2D eigenvalue weighted by atomic mass is 19.4. The fourth-order valence-electron chi connectivity index (χ4n) is 2.39. The number of rotatable bonds is 3. The number of hydrogen-bond donors (Lipinski definition) is 1. The lowest BCUT2D eigenvalue weighted by atomic mass is 10.1. The first-order valence-corrected chi connectivity index (χ1v) is 6.68. The average molecular weight is 316 g/mol. The molecule has 0 bridgehead atoms. The second kappa shape index (κ2) is 6.35. The van der Waals surface area contributed by atoms with Crippen molar-refractivity contribution in [3.05, 3.63) is 35.4 Å². The van der Waals surface area contributed by atoms with E-state index in [9.17, 15) is 22.8 Å². The Bertz CT molecular complexity index is 567. The standard InChI is InChI=1S/C14H15F3N2O3/c15-14(16,17)11-4-2-1-3-10(11)13(22)19-7-5-18(6-8-19)9-12(20)21/h1-4H,5-9H2,(H,20,21). The number of piperazine rings is 1. The summed E-state index contributed by atoms with van der Waals surface area (Å²) in [7, 11) is 0. The Hall–Kier alpha value is -2.09. The van der Waals surface area contributed by atoms with Crippen molar-refractivity contribution in [3.8, 4) is 0 Å². The van der Waals surface area contributed by atoms with Gasteiger partial charge in [-0.05, 0) is 12.1 Å². The SMILES string of the molecule is O=C(O)CN1CCN(C(=O)c2ccccc2C(F)(F)F)CC1. The first-order chi connectivity index (χ1) is 10.3. The third-order valence-electron chi connectivity index (χ3n) is 3.48. The second-order valence-corrected chi connectivity index (χ2v) is 5.01. The summed E-state index contributed by atoms with van der Waals surface area (Å²) in [6, 6.07) is 4.68. The molecule has 0 spiro atoms. The van der Waals surface area contributed by atoms with Gasteiger partial charge in [-0.3, -0.25) is 14.5 Å². The molecule has 1 amide bonds. The van der Waals surface area contributed by atoms with Crippen LogP contribution in [0.1, 0.15) is 15.9 Å². The van der Waals surface area contributed by atoms with E-state index in [1.54, 1.807) is 4.90 Å². The Morgan fingerprint density at radius 2 is 1.68 bits per heavy atom. The van der Waals surface area contributed by atoms with Gasteiger partial charge in [-0.15, -0.1) is 0 Å². The summed E-state index contributed by atoms with van der Waals surface area (Å²) in [5.74, 6) is -1.65. The lowest BCUT2D eigenvalue weighted by molar-refractivity contribution is -0.139. The molecule has 22 heavy (non-hydrogen) atoms. The summed E-state index contributed by atoms with van der Waals surface area (Å²) in [6.07, 6.45) is -4.59. The smallest absolute Gasteiger partial charge is 0.417 e. The van der Waals surface area contributed by atoms with Gasteiger partial charge in [0.25, 0.3) is 5.91 Å². The molecule has 1 aromatic carbocycles. The molecule has 1 saturated heterocycles. The maximum Gasteiger partial charge on any atom is 0.417 e. The fraction of sp³-hybridized carbons (Fsp3) is 0.429. The fourth-order valence-corrected chi connectivity index (χ4v) is 2.39. The monoisotopic (exact) mass is 316 g/mol. The maximum absolute atomic E-state index is 12.9. The van der Waals surface area contributed by atoms with Crippen molar-refractivity contribution in [2.24, 2.45) is 0 Å². The molecule has 8 heteroatoms. The number of carbonyl (C=O) groups is 2. The Balaban J connectivity index is 2.09. The molecule has 1 aliphatic rings. The van der Waals surface area contributed by atoms with E-state index in [4.69, 9.17) is 5.11 Å². The zero-order valence-corrected chi connectivity index (χ0v) is 11.6. The third kappa shape index (κ3) is 3.76. The van der Waals surface area contributed by atoms with E-state index in [2.05, 4.69) is 0 Å². The molecule has 0 aromatic heterocycles. The van der Waals surface area contributed by atoms with Crippen molar-refractivity contribution in [2.75, 3.05) is 32.7 Å². The van der Waals surface area contributed by atoms with Gasteiger partial charge in [-0.2, -0.15) is 13.2 Å². The van der Waals surface area contributed by atoms with Gasteiger partial charge in [0.15, 0.2) is 0 Å².